The molecule has 0 unspecified atom stereocenters. The average Bonchev–Trinajstić information content (AvgIpc) is 2.95. The molecule has 0 radical (unpaired) electrons. The van der Waals surface area contributed by atoms with Crippen molar-refractivity contribution in [3.05, 3.63) is 29.8 Å². The Labute approximate surface area is 85.5 Å². The van der Waals surface area contributed by atoms with Crippen LogP contribution in [-0.2, 0) is 0 Å². The first-order chi connectivity index (χ1) is 6.81. The lowest BCUT2D eigenvalue weighted by atomic mass is 10.2. The average molecular weight is 190 g/mol. The number of aryl methyl sites for hydroxylation is 1. The smallest absolute Gasteiger partial charge is 0.0369 e. The Kier molecular flexibility index (Phi) is 2.73. The van der Waals surface area contributed by atoms with E-state index in [1.54, 1.807) is 0 Å². The fourth-order valence-electron chi connectivity index (χ4n) is 1.86. The zero-order valence-electron chi connectivity index (χ0n) is 8.66. The summed E-state index contributed by atoms with van der Waals surface area (Å²) in [4.78, 5) is 0. The SMILES string of the molecule is Cc1ccccc1NC[C@H]1C[C@H]1CN. The third-order valence-electron chi connectivity index (χ3n) is 3.07. The van der Waals surface area contributed by atoms with E-state index >= 15 is 0 Å². The molecule has 0 aliphatic heterocycles. The van der Waals surface area contributed by atoms with Crippen LogP contribution in [0.5, 0.6) is 0 Å². The molecule has 0 saturated heterocycles. The van der Waals surface area contributed by atoms with Crippen molar-refractivity contribution in [2.75, 3.05) is 18.4 Å². The highest BCUT2D eigenvalue weighted by Gasteiger charge is 2.34. The monoisotopic (exact) mass is 190 g/mol. The first-order valence-corrected chi connectivity index (χ1v) is 5.31. The highest BCUT2D eigenvalue weighted by Crippen LogP contribution is 2.37. The largest absolute Gasteiger partial charge is 0.385 e. The molecule has 1 aromatic carbocycles. The van der Waals surface area contributed by atoms with Crippen molar-refractivity contribution < 1.29 is 0 Å². The second-order valence-electron chi connectivity index (χ2n) is 4.19. The highest BCUT2D eigenvalue weighted by molar-refractivity contribution is 5.50. The second-order valence-corrected chi connectivity index (χ2v) is 4.19. The molecule has 0 amide bonds. The molecule has 1 fully saturated rings. The van der Waals surface area contributed by atoms with Gasteiger partial charge < -0.3 is 11.1 Å². The molecule has 2 rings (SSSR count). The van der Waals surface area contributed by atoms with E-state index in [1.807, 2.05) is 0 Å². The first-order valence-electron chi connectivity index (χ1n) is 5.31. The fraction of sp³-hybridized carbons (Fsp3) is 0.500. The van der Waals surface area contributed by atoms with E-state index in [9.17, 15) is 0 Å². The van der Waals surface area contributed by atoms with Crippen molar-refractivity contribution in [3.8, 4) is 0 Å². The maximum absolute atomic E-state index is 5.60. The van der Waals surface area contributed by atoms with Crippen LogP contribution < -0.4 is 11.1 Å². The van der Waals surface area contributed by atoms with Crippen LogP contribution in [0.1, 0.15) is 12.0 Å². The van der Waals surface area contributed by atoms with E-state index in [4.69, 9.17) is 5.73 Å². The molecule has 2 nitrogen and oxygen atoms in total. The van der Waals surface area contributed by atoms with Crippen LogP contribution in [0.25, 0.3) is 0 Å². The van der Waals surface area contributed by atoms with Crippen molar-refractivity contribution in [1.82, 2.24) is 0 Å². The normalized spacial score (nSPS) is 24.7. The topological polar surface area (TPSA) is 38.0 Å². The molecule has 1 saturated carbocycles. The lowest BCUT2D eigenvalue weighted by Crippen LogP contribution is -2.09. The molecule has 1 aliphatic carbocycles. The van der Waals surface area contributed by atoms with Gasteiger partial charge in [0.1, 0.15) is 0 Å². The minimum Gasteiger partial charge on any atom is -0.385 e. The van der Waals surface area contributed by atoms with Crippen LogP contribution in [0, 0.1) is 18.8 Å². The molecular formula is C12H18N2. The maximum atomic E-state index is 5.60. The van der Waals surface area contributed by atoms with Crippen LogP contribution in [0.4, 0.5) is 5.69 Å². The van der Waals surface area contributed by atoms with Crippen molar-refractivity contribution in [1.29, 1.82) is 0 Å². The quantitative estimate of drug-likeness (QED) is 0.762. The van der Waals surface area contributed by atoms with Gasteiger partial charge in [-0.15, -0.1) is 0 Å². The maximum Gasteiger partial charge on any atom is 0.0369 e. The molecule has 1 aliphatic rings. The lowest BCUT2D eigenvalue weighted by molar-refractivity contribution is 0.733. The molecule has 0 spiro atoms. The molecule has 3 N–H and O–H groups in total. The van der Waals surface area contributed by atoms with Gasteiger partial charge in [0.15, 0.2) is 0 Å². The number of nitrogens with one attached hydrogen (secondary N) is 1. The van der Waals surface area contributed by atoms with Gasteiger partial charge in [-0.3, -0.25) is 0 Å². The van der Waals surface area contributed by atoms with Crippen LogP contribution in [0.3, 0.4) is 0 Å². The van der Waals surface area contributed by atoms with Crippen LogP contribution in [0.2, 0.25) is 0 Å². The Bertz CT molecular complexity index is 309. The van der Waals surface area contributed by atoms with Gasteiger partial charge in [0, 0.05) is 12.2 Å². The zero-order valence-corrected chi connectivity index (χ0v) is 8.66. The van der Waals surface area contributed by atoms with Crippen molar-refractivity contribution in [3.63, 3.8) is 0 Å². The van der Waals surface area contributed by atoms with Gasteiger partial charge in [-0.25, -0.2) is 0 Å². The molecule has 14 heavy (non-hydrogen) atoms. The summed E-state index contributed by atoms with van der Waals surface area (Å²) in [6, 6.07) is 8.41. The Morgan fingerprint density at radius 3 is 2.79 bits per heavy atom. The van der Waals surface area contributed by atoms with Crippen LogP contribution in [0.15, 0.2) is 24.3 Å². The highest BCUT2D eigenvalue weighted by atomic mass is 14.9. The summed E-state index contributed by atoms with van der Waals surface area (Å²) in [5.41, 5.74) is 8.17. The molecular weight excluding hydrogens is 172 g/mol. The minimum absolute atomic E-state index is 0.770. The van der Waals surface area contributed by atoms with Crippen molar-refractivity contribution >= 4 is 5.69 Å². The van der Waals surface area contributed by atoms with Crippen molar-refractivity contribution in [2.45, 2.75) is 13.3 Å². The predicted octanol–water partition coefficient (Wildman–Crippen LogP) is 2.00. The summed E-state index contributed by atoms with van der Waals surface area (Å²) in [5.74, 6) is 1.58. The number of rotatable bonds is 4. The molecule has 2 heteroatoms. The first kappa shape index (κ1) is 9.53. The van der Waals surface area contributed by atoms with E-state index in [0.29, 0.717) is 0 Å². The zero-order chi connectivity index (χ0) is 9.97. The number of hydrogen-bond acceptors (Lipinski definition) is 2. The number of hydrogen-bond donors (Lipinski definition) is 2. The Hall–Kier alpha value is -1.02. The number of benzene rings is 1. The second kappa shape index (κ2) is 4.01. The summed E-state index contributed by atoms with van der Waals surface area (Å²) in [7, 11) is 0. The number of para-hydroxylation sites is 1. The third kappa shape index (κ3) is 2.07. The Balaban J connectivity index is 1.84. The number of nitrogens with two attached hydrogens (primary N) is 1. The van der Waals surface area contributed by atoms with Gasteiger partial charge in [0.05, 0.1) is 0 Å². The molecule has 2 atom stereocenters. The molecule has 0 aromatic heterocycles. The third-order valence-corrected chi connectivity index (χ3v) is 3.07. The van der Waals surface area contributed by atoms with E-state index in [0.717, 1.165) is 24.9 Å². The van der Waals surface area contributed by atoms with E-state index in [-0.39, 0.29) is 0 Å². The number of anilines is 1. The lowest BCUT2D eigenvalue weighted by Gasteiger charge is -2.08. The summed E-state index contributed by atoms with van der Waals surface area (Å²) in [6.07, 6.45) is 1.30. The summed E-state index contributed by atoms with van der Waals surface area (Å²) < 4.78 is 0. The summed E-state index contributed by atoms with van der Waals surface area (Å²) >= 11 is 0. The standard InChI is InChI=1S/C12H18N2/c1-9-4-2-3-5-12(9)14-8-11-6-10(11)7-13/h2-5,10-11,14H,6-8,13H2,1H3/t10-,11+/m0/s1. The predicted molar refractivity (Wildman–Crippen MR) is 60.3 cm³/mol. The Morgan fingerprint density at radius 1 is 1.36 bits per heavy atom. The van der Waals surface area contributed by atoms with Gasteiger partial charge in [-0.05, 0) is 43.4 Å². The van der Waals surface area contributed by atoms with E-state index < -0.39 is 0 Å². The van der Waals surface area contributed by atoms with Crippen molar-refractivity contribution in [2.24, 2.45) is 17.6 Å². The molecule has 0 heterocycles. The van der Waals surface area contributed by atoms with Crippen LogP contribution >= 0.6 is 0 Å². The molecule has 0 bridgehead atoms. The minimum atomic E-state index is 0.770. The molecule has 76 valence electrons. The van der Waals surface area contributed by atoms with Gasteiger partial charge in [0.2, 0.25) is 0 Å². The van der Waals surface area contributed by atoms with Crippen LogP contribution in [-0.4, -0.2) is 13.1 Å². The summed E-state index contributed by atoms with van der Waals surface area (Å²) in [6.45, 7) is 4.06. The van der Waals surface area contributed by atoms with E-state index in [2.05, 4.69) is 36.5 Å². The fourth-order valence-corrected chi connectivity index (χ4v) is 1.86. The van der Waals surface area contributed by atoms with Gasteiger partial charge >= 0.3 is 0 Å². The summed E-state index contributed by atoms with van der Waals surface area (Å²) in [5, 5.41) is 3.48. The van der Waals surface area contributed by atoms with Gasteiger partial charge in [0.25, 0.3) is 0 Å². The van der Waals surface area contributed by atoms with Gasteiger partial charge in [-0.2, -0.15) is 0 Å². The molecule has 1 aromatic rings. The van der Waals surface area contributed by atoms with Gasteiger partial charge in [-0.1, -0.05) is 18.2 Å². The Morgan fingerprint density at radius 2 is 2.14 bits per heavy atom. The van der Waals surface area contributed by atoms with E-state index in [1.165, 1.54) is 17.7 Å².